The zero-order chi connectivity index (χ0) is 17.1. The molecule has 2 N–H and O–H groups in total. The maximum absolute atomic E-state index is 11.5. The van der Waals surface area contributed by atoms with Gasteiger partial charge in [-0.25, -0.2) is 9.78 Å². The van der Waals surface area contributed by atoms with Crippen molar-refractivity contribution < 1.29 is 14.7 Å². The minimum Gasteiger partial charge on any atom is -0.478 e. The normalized spacial score (nSPS) is 11.0. The molecule has 5 nitrogen and oxygen atoms in total. The molecule has 0 aliphatic carbocycles. The number of anilines is 1. The first kappa shape index (κ1) is 15.9. The lowest BCUT2D eigenvalue weighted by Crippen LogP contribution is -2.08. The van der Waals surface area contributed by atoms with Crippen LogP contribution in [-0.2, 0) is 9.59 Å². The molecule has 120 valence electrons. The van der Waals surface area contributed by atoms with Crippen LogP contribution in [0.5, 0.6) is 0 Å². The summed E-state index contributed by atoms with van der Waals surface area (Å²) >= 11 is 1.62. The van der Waals surface area contributed by atoms with Crippen LogP contribution in [0.2, 0.25) is 0 Å². The molecule has 0 fully saturated rings. The summed E-state index contributed by atoms with van der Waals surface area (Å²) in [4.78, 5) is 26.6. The first-order chi connectivity index (χ1) is 11.5. The van der Waals surface area contributed by atoms with Crippen LogP contribution >= 0.6 is 11.3 Å². The van der Waals surface area contributed by atoms with E-state index in [1.54, 1.807) is 23.5 Å². The SMILES string of the molecule is Cc1ccc2sc(-c3ccc(NC(=O)/C=C\C(=O)O)cc3)nc2c1. The van der Waals surface area contributed by atoms with E-state index in [1.807, 2.05) is 19.1 Å². The molecule has 1 aromatic heterocycles. The van der Waals surface area contributed by atoms with Gasteiger partial charge in [0.1, 0.15) is 5.01 Å². The summed E-state index contributed by atoms with van der Waals surface area (Å²) in [5, 5.41) is 12.0. The largest absolute Gasteiger partial charge is 0.478 e. The average Bonchev–Trinajstić information content (AvgIpc) is 2.96. The van der Waals surface area contributed by atoms with Gasteiger partial charge in [-0.1, -0.05) is 6.07 Å². The van der Waals surface area contributed by atoms with Gasteiger partial charge in [-0.3, -0.25) is 4.79 Å². The standard InChI is InChI=1S/C18H14N2O3S/c1-11-2-7-15-14(10-11)20-18(24-15)12-3-5-13(6-4-12)19-16(21)8-9-17(22)23/h2-10H,1H3,(H,19,21)(H,22,23)/b9-8-. The van der Waals surface area contributed by atoms with Crippen molar-refractivity contribution in [1.82, 2.24) is 4.98 Å². The molecule has 0 aliphatic heterocycles. The summed E-state index contributed by atoms with van der Waals surface area (Å²) in [5.74, 6) is -1.65. The molecule has 0 saturated carbocycles. The highest BCUT2D eigenvalue weighted by Crippen LogP contribution is 2.31. The number of aromatic nitrogens is 1. The van der Waals surface area contributed by atoms with Crippen LogP contribution in [0.4, 0.5) is 5.69 Å². The second-order valence-electron chi connectivity index (χ2n) is 5.23. The number of hydrogen-bond acceptors (Lipinski definition) is 4. The molecule has 0 unspecified atom stereocenters. The van der Waals surface area contributed by atoms with Crippen LogP contribution in [0, 0.1) is 6.92 Å². The van der Waals surface area contributed by atoms with Gasteiger partial charge in [-0.2, -0.15) is 0 Å². The van der Waals surface area contributed by atoms with Crippen molar-refractivity contribution in [3.8, 4) is 10.6 Å². The number of nitrogens with one attached hydrogen (secondary N) is 1. The molecular weight excluding hydrogens is 324 g/mol. The molecule has 1 heterocycles. The molecule has 0 spiro atoms. The van der Waals surface area contributed by atoms with Crippen molar-refractivity contribution >= 4 is 39.1 Å². The number of carboxylic acids is 1. The van der Waals surface area contributed by atoms with Crippen molar-refractivity contribution in [2.24, 2.45) is 0 Å². The van der Waals surface area contributed by atoms with Gasteiger partial charge in [-0.05, 0) is 48.9 Å². The predicted molar refractivity (Wildman–Crippen MR) is 95.2 cm³/mol. The Morgan fingerprint density at radius 3 is 2.58 bits per heavy atom. The molecule has 24 heavy (non-hydrogen) atoms. The summed E-state index contributed by atoms with van der Waals surface area (Å²) < 4.78 is 1.13. The van der Waals surface area contributed by atoms with Gasteiger partial charge in [0.05, 0.1) is 10.2 Å². The Hall–Kier alpha value is -2.99. The number of nitrogens with zero attached hydrogens (tertiary/aromatic N) is 1. The first-order valence-corrected chi connectivity index (χ1v) is 8.02. The van der Waals surface area contributed by atoms with Gasteiger partial charge in [0.15, 0.2) is 0 Å². The number of carbonyl (C=O) groups is 2. The van der Waals surface area contributed by atoms with Gasteiger partial charge in [-0.15, -0.1) is 11.3 Å². The van der Waals surface area contributed by atoms with Gasteiger partial charge < -0.3 is 10.4 Å². The van der Waals surface area contributed by atoms with E-state index in [-0.39, 0.29) is 0 Å². The second-order valence-corrected chi connectivity index (χ2v) is 6.26. The van der Waals surface area contributed by atoms with E-state index in [4.69, 9.17) is 5.11 Å². The highest BCUT2D eigenvalue weighted by molar-refractivity contribution is 7.21. The molecule has 0 atom stereocenters. The van der Waals surface area contributed by atoms with E-state index in [9.17, 15) is 9.59 Å². The Bertz CT molecular complexity index is 943. The molecule has 6 heteroatoms. The van der Waals surface area contributed by atoms with E-state index in [1.165, 1.54) is 5.56 Å². The van der Waals surface area contributed by atoms with Crippen LogP contribution in [-0.4, -0.2) is 22.0 Å². The van der Waals surface area contributed by atoms with Gasteiger partial charge in [0.2, 0.25) is 5.91 Å². The fourth-order valence-corrected chi connectivity index (χ4v) is 3.14. The number of thiazole rings is 1. The van der Waals surface area contributed by atoms with Gasteiger partial charge in [0, 0.05) is 23.4 Å². The molecule has 0 radical (unpaired) electrons. The van der Waals surface area contributed by atoms with Crippen molar-refractivity contribution in [2.75, 3.05) is 5.32 Å². The third kappa shape index (κ3) is 3.67. The highest BCUT2D eigenvalue weighted by Gasteiger charge is 2.07. The molecule has 0 bridgehead atoms. The zero-order valence-corrected chi connectivity index (χ0v) is 13.6. The van der Waals surface area contributed by atoms with Crippen molar-refractivity contribution in [3.05, 3.63) is 60.2 Å². The number of hydrogen-bond donors (Lipinski definition) is 2. The maximum atomic E-state index is 11.5. The van der Waals surface area contributed by atoms with Crippen LogP contribution in [0.15, 0.2) is 54.6 Å². The highest BCUT2D eigenvalue weighted by atomic mass is 32.1. The van der Waals surface area contributed by atoms with Crippen molar-refractivity contribution in [3.63, 3.8) is 0 Å². The number of fused-ring (bicyclic) bond motifs is 1. The molecular formula is C18H14N2O3S. The fraction of sp³-hybridized carbons (Fsp3) is 0.0556. The summed E-state index contributed by atoms with van der Waals surface area (Å²) in [7, 11) is 0. The molecule has 1 amide bonds. The molecule has 0 aliphatic rings. The molecule has 3 rings (SSSR count). The minimum absolute atomic E-state index is 0.486. The molecule has 2 aromatic carbocycles. The Balaban J connectivity index is 1.78. The Morgan fingerprint density at radius 1 is 1.12 bits per heavy atom. The number of carboxylic acid groups (broad SMARTS) is 1. The van der Waals surface area contributed by atoms with Crippen LogP contribution in [0.3, 0.4) is 0 Å². The maximum Gasteiger partial charge on any atom is 0.328 e. The van der Waals surface area contributed by atoms with Crippen LogP contribution in [0.1, 0.15) is 5.56 Å². The number of aliphatic carboxylic acids is 1. The van der Waals surface area contributed by atoms with E-state index in [2.05, 4.69) is 28.5 Å². The Morgan fingerprint density at radius 2 is 1.88 bits per heavy atom. The predicted octanol–water partition coefficient (Wildman–Crippen LogP) is 3.85. The number of carbonyl (C=O) groups excluding carboxylic acids is 1. The van der Waals surface area contributed by atoms with E-state index < -0.39 is 11.9 Å². The lowest BCUT2D eigenvalue weighted by molar-refractivity contribution is -0.131. The smallest absolute Gasteiger partial charge is 0.328 e. The summed E-state index contributed by atoms with van der Waals surface area (Å²) in [6.45, 7) is 2.04. The van der Waals surface area contributed by atoms with E-state index >= 15 is 0 Å². The number of aryl methyl sites for hydroxylation is 1. The van der Waals surface area contributed by atoms with Crippen LogP contribution in [0.25, 0.3) is 20.8 Å². The fourth-order valence-electron chi connectivity index (χ4n) is 2.19. The quantitative estimate of drug-likeness (QED) is 0.708. The van der Waals surface area contributed by atoms with Crippen LogP contribution < -0.4 is 5.32 Å². The first-order valence-electron chi connectivity index (χ1n) is 7.21. The van der Waals surface area contributed by atoms with Crippen molar-refractivity contribution in [2.45, 2.75) is 6.92 Å². The summed E-state index contributed by atoms with van der Waals surface area (Å²) in [6.07, 6.45) is 1.78. The third-order valence-corrected chi connectivity index (χ3v) is 4.41. The van der Waals surface area contributed by atoms with Gasteiger partial charge in [0.25, 0.3) is 0 Å². The zero-order valence-electron chi connectivity index (χ0n) is 12.8. The Kier molecular flexibility index (Phi) is 4.39. The monoisotopic (exact) mass is 338 g/mol. The molecule has 3 aromatic rings. The van der Waals surface area contributed by atoms with E-state index in [0.717, 1.165) is 32.9 Å². The third-order valence-electron chi connectivity index (χ3n) is 3.32. The lowest BCUT2D eigenvalue weighted by Gasteiger charge is -2.02. The minimum atomic E-state index is -1.16. The molecule has 0 saturated heterocycles. The van der Waals surface area contributed by atoms with Crippen molar-refractivity contribution in [1.29, 1.82) is 0 Å². The lowest BCUT2D eigenvalue weighted by atomic mass is 10.2. The second kappa shape index (κ2) is 6.64. The summed E-state index contributed by atoms with van der Waals surface area (Å²) in [5.41, 5.74) is 3.71. The van der Waals surface area contributed by atoms with Gasteiger partial charge >= 0.3 is 5.97 Å². The van der Waals surface area contributed by atoms with E-state index in [0.29, 0.717) is 5.69 Å². The number of amides is 1. The Labute approximate surface area is 142 Å². The average molecular weight is 338 g/mol. The number of benzene rings is 2. The number of rotatable bonds is 4. The summed E-state index contributed by atoms with van der Waals surface area (Å²) in [6, 6.07) is 13.5. The topological polar surface area (TPSA) is 79.3 Å².